The van der Waals surface area contributed by atoms with Crippen molar-refractivity contribution in [3.63, 3.8) is 0 Å². The van der Waals surface area contributed by atoms with Gasteiger partial charge in [0.1, 0.15) is 5.82 Å². The second-order valence-electron chi connectivity index (χ2n) is 6.79. The van der Waals surface area contributed by atoms with Crippen LogP contribution in [0.2, 0.25) is 0 Å². The van der Waals surface area contributed by atoms with Crippen molar-refractivity contribution >= 4 is 5.91 Å². The van der Waals surface area contributed by atoms with Gasteiger partial charge in [-0.25, -0.2) is 4.39 Å². The number of amides is 1. The molecule has 1 aromatic rings. The molecule has 3 nitrogen and oxygen atoms in total. The van der Waals surface area contributed by atoms with Crippen LogP contribution in [-0.2, 0) is 0 Å². The van der Waals surface area contributed by atoms with Gasteiger partial charge in [-0.1, -0.05) is 0 Å². The number of hydrogen-bond donors (Lipinski definition) is 0. The van der Waals surface area contributed by atoms with Crippen molar-refractivity contribution in [2.45, 2.75) is 38.6 Å². The first-order valence-corrected chi connectivity index (χ1v) is 8.32. The van der Waals surface area contributed by atoms with Gasteiger partial charge in [-0.3, -0.25) is 4.79 Å². The molecule has 2 fully saturated rings. The van der Waals surface area contributed by atoms with Crippen LogP contribution in [0.5, 0.6) is 0 Å². The van der Waals surface area contributed by atoms with E-state index in [9.17, 15) is 9.18 Å². The van der Waals surface area contributed by atoms with Crippen molar-refractivity contribution in [1.29, 1.82) is 0 Å². The van der Waals surface area contributed by atoms with Crippen LogP contribution in [0.25, 0.3) is 0 Å². The zero-order valence-corrected chi connectivity index (χ0v) is 13.5. The average molecular weight is 304 g/mol. The molecule has 1 aliphatic carbocycles. The van der Waals surface area contributed by atoms with Crippen LogP contribution in [0.4, 0.5) is 4.39 Å². The van der Waals surface area contributed by atoms with Gasteiger partial charge >= 0.3 is 0 Å². The first-order chi connectivity index (χ1) is 10.6. The molecule has 1 atom stereocenters. The first-order valence-electron chi connectivity index (χ1n) is 8.32. The quantitative estimate of drug-likeness (QED) is 0.834. The molecule has 1 amide bonds. The fraction of sp³-hybridized carbons (Fsp3) is 0.611. The number of aryl methyl sites for hydroxylation is 1. The fourth-order valence-electron chi connectivity index (χ4n) is 3.43. The van der Waals surface area contributed by atoms with E-state index in [1.807, 2.05) is 11.9 Å². The average Bonchev–Trinajstić information content (AvgIpc) is 3.22. The molecule has 1 saturated carbocycles. The minimum atomic E-state index is -0.255. The highest BCUT2D eigenvalue weighted by molar-refractivity contribution is 5.94. The lowest BCUT2D eigenvalue weighted by Crippen LogP contribution is -2.45. The Morgan fingerprint density at radius 2 is 2.05 bits per heavy atom. The molecule has 0 bridgehead atoms. The lowest BCUT2D eigenvalue weighted by atomic mass is 10.1. The summed E-state index contributed by atoms with van der Waals surface area (Å²) < 4.78 is 13.4. The van der Waals surface area contributed by atoms with E-state index in [0.29, 0.717) is 17.0 Å². The number of halogens is 1. The Balaban J connectivity index is 1.72. The maximum absolute atomic E-state index is 13.4. The predicted octanol–water partition coefficient (Wildman–Crippen LogP) is 3.08. The molecule has 1 saturated heterocycles. The zero-order chi connectivity index (χ0) is 15.7. The molecule has 4 heteroatoms. The van der Waals surface area contributed by atoms with E-state index in [1.165, 1.54) is 31.7 Å². The summed E-state index contributed by atoms with van der Waals surface area (Å²) in [5.74, 6) is 0.394. The molecule has 1 aromatic carbocycles. The maximum Gasteiger partial charge on any atom is 0.253 e. The van der Waals surface area contributed by atoms with E-state index in [-0.39, 0.29) is 17.8 Å². The van der Waals surface area contributed by atoms with Crippen molar-refractivity contribution < 1.29 is 9.18 Å². The minimum Gasteiger partial charge on any atom is -0.337 e. The number of carbonyl (C=O) groups excluding carboxylic acids is 1. The maximum atomic E-state index is 13.4. The largest absolute Gasteiger partial charge is 0.337 e. The second-order valence-corrected chi connectivity index (χ2v) is 6.79. The van der Waals surface area contributed by atoms with Gasteiger partial charge in [0.25, 0.3) is 5.91 Å². The zero-order valence-electron chi connectivity index (χ0n) is 13.5. The van der Waals surface area contributed by atoms with Gasteiger partial charge in [-0.15, -0.1) is 0 Å². The number of rotatable bonds is 5. The number of carbonyl (C=O) groups is 1. The molecule has 1 heterocycles. The van der Waals surface area contributed by atoms with Crippen molar-refractivity contribution in [1.82, 2.24) is 9.80 Å². The van der Waals surface area contributed by atoms with Crippen LogP contribution in [0, 0.1) is 18.7 Å². The van der Waals surface area contributed by atoms with Gasteiger partial charge in [-0.2, -0.15) is 0 Å². The number of hydrogen-bond acceptors (Lipinski definition) is 2. The van der Waals surface area contributed by atoms with E-state index in [4.69, 9.17) is 0 Å². The van der Waals surface area contributed by atoms with Crippen LogP contribution in [-0.4, -0.2) is 48.4 Å². The molecule has 0 aromatic heterocycles. The molecule has 120 valence electrons. The van der Waals surface area contributed by atoms with E-state index in [0.717, 1.165) is 19.6 Å². The van der Waals surface area contributed by atoms with Gasteiger partial charge in [0.2, 0.25) is 0 Å². The Hall–Kier alpha value is -1.42. The monoisotopic (exact) mass is 304 g/mol. The number of benzene rings is 1. The number of nitrogens with zero attached hydrogens (tertiary/aromatic N) is 2. The number of likely N-dealkylation sites (N-methyl/N-ethyl adjacent to an activating group) is 1. The molecular weight excluding hydrogens is 279 g/mol. The van der Waals surface area contributed by atoms with Gasteiger partial charge < -0.3 is 9.80 Å². The smallest absolute Gasteiger partial charge is 0.253 e. The predicted molar refractivity (Wildman–Crippen MR) is 85.4 cm³/mol. The number of likely N-dealkylation sites (tertiary alicyclic amines) is 1. The fourth-order valence-corrected chi connectivity index (χ4v) is 3.43. The van der Waals surface area contributed by atoms with Crippen LogP contribution < -0.4 is 0 Å². The molecule has 22 heavy (non-hydrogen) atoms. The molecule has 3 rings (SSSR count). The van der Waals surface area contributed by atoms with Crippen molar-refractivity contribution in [3.05, 3.63) is 35.1 Å². The lowest BCUT2D eigenvalue weighted by molar-refractivity contribution is 0.0672. The van der Waals surface area contributed by atoms with Gasteiger partial charge in [-0.05, 0) is 75.4 Å². The normalized spacial score (nSPS) is 20.1. The molecule has 2 aliphatic rings. The lowest BCUT2D eigenvalue weighted by Gasteiger charge is -2.32. The summed E-state index contributed by atoms with van der Waals surface area (Å²) >= 11 is 0. The summed E-state index contributed by atoms with van der Waals surface area (Å²) in [6.07, 6.45) is 4.98. The molecule has 0 radical (unpaired) electrons. The summed E-state index contributed by atoms with van der Waals surface area (Å²) in [6, 6.07) is 4.94. The van der Waals surface area contributed by atoms with Gasteiger partial charge in [0.05, 0.1) is 0 Å². The second kappa shape index (κ2) is 6.37. The highest BCUT2D eigenvalue weighted by atomic mass is 19.1. The molecule has 0 unspecified atom stereocenters. The van der Waals surface area contributed by atoms with E-state index in [2.05, 4.69) is 4.90 Å². The van der Waals surface area contributed by atoms with Gasteiger partial charge in [0, 0.05) is 25.2 Å². The molecule has 1 aliphatic heterocycles. The van der Waals surface area contributed by atoms with E-state index < -0.39 is 0 Å². The summed E-state index contributed by atoms with van der Waals surface area (Å²) in [4.78, 5) is 17.1. The summed E-state index contributed by atoms with van der Waals surface area (Å²) in [5.41, 5.74) is 1.12. The summed E-state index contributed by atoms with van der Waals surface area (Å²) in [5, 5.41) is 0. The molecule has 0 spiro atoms. The molecule has 0 N–H and O–H groups in total. The van der Waals surface area contributed by atoms with Crippen LogP contribution in [0.1, 0.15) is 41.6 Å². The standard InChI is InChI=1S/C18H25FN2O/c1-13-11-15(7-8-16(13)19)18(22)20(2)17(14-5-6-14)12-21-9-3-4-10-21/h7-8,11,14,17H,3-6,9-10,12H2,1-2H3/t17-/m1/s1. The third-order valence-electron chi connectivity index (χ3n) is 5.03. The molecular formula is C18H25FN2O. The van der Waals surface area contributed by atoms with Crippen LogP contribution in [0.3, 0.4) is 0 Å². The van der Waals surface area contributed by atoms with Crippen LogP contribution in [0.15, 0.2) is 18.2 Å². The topological polar surface area (TPSA) is 23.6 Å². The first kappa shape index (κ1) is 15.5. The third kappa shape index (κ3) is 3.32. The highest BCUT2D eigenvalue weighted by Gasteiger charge is 2.37. The Morgan fingerprint density at radius 3 is 2.64 bits per heavy atom. The summed E-state index contributed by atoms with van der Waals surface area (Å²) in [6.45, 7) is 4.99. The van der Waals surface area contributed by atoms with Gasteiger partial charge in [0.15, 0.2) is 0 Å². The highest BCUT2D eigenvalue weighted by Crippen LogP contribution is 2.36. The Labute approximate surface area is 132 Å². The minimum absolute atomic E-state index is 0.0131. The summed E-state index contributed by atoms with van der Waals surface area (Å²) in [7, 11) is 1.90. The Kier molecular flexibility index (Phi) is 4.48. The van der Waals surface area contributed by atoms with Crippen LogP contribution >= 0.6 is 0 Å². The van der Waals surface area contributed by atoms with E-state index in [1.54, 1.807) is 19.1 Å². The van der Waals surface area contributed by atoms with E-state index >= 15 is 0 Å². The SMILES string of the molecule is Cc1cc(C(=O)N(C)[C@H](CN2CCCC2)C2CC2)ccc1F. The van der Waals surface area contributed by atoms with Crippen molar-refractivity contribution in [2.75, 3.05) is 26.7 Å². The van der Waals surface area contributed by atoms with Crippen molar-refractivity contribution in [3.8, 4) is 0 Å². The Bertz CT molecular complexity index is 550. The van der Waals surface area contributed by atoms with Crippen molar-refractivity contribution in [2.24, 2.45) is 5.92 Å². The third-order valence-corrected chi connectivity index (χ3v) is 5.03. The Morgan fingerprint density at radius 1 is 1.36 bits per heavy atom.